The molecule has 1 fully saturated rings. The minimum Gasteiger partial charge on any atom is -0.494 e. The van der Waals surface area contributed by atoms with Gasteiger partial charge < -0.3 is 15.0 Å². The van der Waals surface area contributed by atoms with E-state index in [4.69, 9.17) is 4.74 Å². The summed E-state index contributed by atoms with van der Waals surface area (Å²) in [6.45, 7) is 4.63. The molecule has 0 spiro atoms. The summed E-state index contributed by atoms with van der Waals surface area (Å²) in [5, 5.41) is 2.87. The van der Waals surface area contributed by atoms with Crippen LogP contribution in [-0.2, 0) is 4.79 Å². The largest absolute Gasteiger partial charge is 0.494 e. The van der Waals surface area contributed by atoms with Gasteiger partial charge in [-0.3, -0.25) is 9.59 Å². The van der Waals surface area contributed by atoms with Gasteiger partial charge in [-0.15, -0.1) is 0 Å². The lowest BCUT2D eigenvalue weighted by Gasteiger charge is -2.15. The average molecular weight is 290 g/mol. The Hall–Kier alpha value is -2.04. The third-order valence-electron chi connectivity index (χ3n) is 3.47. The molecule has 0 unspecified atom stereocenters. The van der Waals surface area contributed by atoms with Crippen LogP contribution >= 0.6 is 0 Å². The highest BCUT2D eigenvalue weighted by Crippen LogP contribution is 2.13. The summed E-state index contributed by atoms with van der Waals surface area (Å²) < 4.78 is 5.38. The number of carbonyl (C=O) groups is 2. The summed E-state index contributed by atoms with van der Waals surface area (Å²) in [5.41, 5.74) is 0.596. The summed E-state index contributed by atoms with van der Waals surface area (Å²) in [6.07, 6.45) is 2.40. The number of benzene rings is 1. The van der Waals surface area contributed by atoms with Crippen molar-refractivity contribution in [3.63, 3.8) is 0 Å². The highest BCUT2D eigenvalue weighted by atomic mass is 16.5. The minimum absolute atomic E-state index is 0.107. The standard InChI is InChI=1S/C16H22N2O3/c1-2-21-14-7-3-6-13(12-14)16(20)17-9-5-11-18-10-4-8-15(18)19/h3,6-7,12H,2,4-5,8-11H2,1H3,(H,17,20). The number of nitrogens with zero attached hydrogens (tertiary/aromatic N) is 1. The van der Waals surface area contributed by atoms with E-state index in [1.807, 2.05) is 24.0 Å². The highest BCUT2D eigenvalue weighted by Gasteiger charge is 2.19. The maximum Gasteiger partial charge on any atom is 0.251 e. The first kappa shape index (κ1) is 15.4. The summed E-state index contributed by atoms with van der Waals surface area (Å²) in [6, 6.07) is 7.15. The van der Waals surface area contributed by atoms with Gasteiger partial charge in [-0.1, -0.05) is 6.07 Å². The normalized spacial score (nSPS) is 14.3. The molecule has 1 aromatic rings. The van der Waals surface area contributed by atoms with Gasteiger partial charge in [-0.25, -0.2) is 0 Å². The van der Waals surface area contributed by atoms with Crippen molar-refractivity contribution < 1.29 is 14.3 Å². The van der Waals surface area contributed by atoms with Gasteiger partial charge in [0.1, 0.15) is 5.75 Å². The van der Waals surface area contributed by atoms with E-state index in [2.05, 4.69) is 5.32 Å². The van der Waals surface area contributed by atoms with Crippen LogP contribution in [0.1, 0.15) is 36.5 Å². The number of ether oxygens (including phenoxy) is 1. The lowest BCUT2D eigenvalue weighted by molar-refractivity contribution is -0.127. The second-order valence-corrected chi connectivity index (χ2v) is 5.05. The van der Waals surface area contributed by atoms with E-state index < -0.39 is 0 Å². The Morgan fingerprint density at radius 3 is 3.00 bits per heavy atom. The Morgan fingerprint density at radius 1 is 1.43 bits per heavy atom. The van der Waals surface area contributed by atoms with Gasteiger partial charge in [0.05, 0.1) is 6.61 Å². The van der Waals surface area contributed by atoms with Crippen LogP contribution in [0, 0.1) is 0 Å². The second kappa shape index (κ2) is 7.67. The van der Waals surface area contributed by atoms with Crippen LogP contribution in [0.2, 0.25) is 0 Å². The van der Waals surface area contributed by atoms with Crippen molar-refractivity contribution in [3.05, 3.63) is 29.8 Å². The molecule has 21 heavy (non-hydrogen) atoms. The van der Waals surface area contributed by atoms with E-state index in [1.165, 1.54) is 0 Å². The average Bonchev–Trinajstić information content (AvgIpc) is 2.89. The molecular formula is C16H22N2O3. The topological polar surface area (TPSA) is 58.6 Å². The Bertz CT molecular complexity index is 502. The third kappa shape index (κ3) is 4.48. The highest BCUT2D eigenvalue weighted by molar-refractivity contribution is 5.94. The Kier molecular flexibility index (Phi) is 5.60. The lowest BCUT2D eigenvalue weighted by Crippen LogP contribution is -2.30. The number of carbonyl (C=O) groups excluding carboxylic acids is 2. The molecule has 0 aliphatic carbocycles. The van der Waals surface area contributed by atoms with E-state index in [1.54, 1.807) is 12.1 Å². The number of amides is 2. The maximum atomic E-state index is 12.0. The molecule has 1 N–H and O–H groups in total. The van der Waals surface area contributed by atoms with Gasteiger partial charge in [0.2, 0.25) is 5.91 Å². The Morgan fingerprint density at radius 2 is 2.29 bits per heavy atom. The quantitative estimate of drug-likeness (QED) is 0.779. The molecule has 1 aliphatic heterocycles. The first-order valence-corrected chi connectivity index (χ1v) is 7.49. The van der Waals surface area contributed by atoms with Crippen LogP contribution in [0.3, 0.4) is 0 Å². The lowest BCUT2D eigenvalue weighted by atomic mass is 10.2. The van der Waals surface area contributed by atoms with E-state index in [-0.39, 0.29) is 11.8 Å². The molecule has 0 saturated carbocycles. The zero-order chi connectivity index (χ0) is 15.1. The molecular weight excluding hydrogens is 268 g/mol. The fourth-order valence-corrected chi connectivity index (χ4v) is 2.41. The number of hydrogen-bond donors (Lipinski definition) is 1. The SMILES string of the molecule is CCOc1cccc(C(=O)NCCCN2CCCC2=O)c1. The molecule has 2 amide bonds. The Balaban J connectivity index is 1.74. The zero-order valence-corrected chi connectivity index (χ0v) is 12.4. The van der Waals surface area contributed by atoms with Crippen LogP contribution in [0.5, 0.6) is 5.75 Å². The molecule has 1 aliphatic rings. The van der Waals surface area contributed by atoms with Gasteiger partial charge >= 0.3 is 0 Å². The van der Waals surface area contributed by atoms with Crippen molar-refractivity contribution in [2.45, 2.75) is 26.2 Å². The van der Waals surface area contributed by atoms with E-state index in [9.17, 15) is 9.59 Å². The molecule has 0 bridgehead atoms. The summed E-state index contributed by atoms with van der Waals surface area (Å²) in [7, 11) is 0. The van der Waals surface area contributed by atoms with Crippen molar-refractivity contribution in [3.8, 4) is 5.75 Å². The van der Waals surface area contributed by atoms with Crippen molar-refractivity contribution in [2.75, 3.05) is 26.2 Å². The molecule has 0 aromatic heterocycles. The molecule has 1 saturated heterocycles. The zero-order valence-electron chi connectivity index (χ0n) is 12.4. The van der Waals surface area contributed by atoms with E-state index >= 15 is 0 Å². The number of hydrogen-bond acceptors (Lipinski definition) is 3. The van der Waals surface area contributed by atoms with Gasteiger partial charge in [0.15, 0.2) is 0 Å². The van der Waals surface area contributed by atoms with Crippen molar-refractivity contribution in [2.24, 2.45) is 0 Å². The molecule has 0 atom stereocenters. The molecule has 1 aromatic carbocycles. The molecule has 114 valence electrons. The van der Waals surface area contributed by atoms with Crippen molar-refractivity contribution in [1.82, 2.24) is 10.2 Å². The van der Waals surface area contributed by atoms with Crippen LogP contribution in [0.25, 0.3) is 0 Å². The minimum atomic E-state index is -0.107. The summed E-state index contributed by atoms with van der Waals surface area (Å²) >= 11 is 0. The summed E-state index contributed by atoms with van der Waals surface area (Å²) in [4.78, 5) is 25.3. The van der Waals surface area contributed by atoms with Crippen LogP contribution in [-0.4, -0.2) is 43.0 Å². The molecule has 5 nitrogen and oxygen atoms in total. The fourth-order valence-electron chi connectivity index (χ4n) is 2.41. The first-order valence-electron chi connectivity index (χ1n) is 7.49. The van der Waals surface area contributed by atoms with Crippen molar-refractivity contribution >= 4 is 11.8 Å². The number of likely N-dealkylation sites (tertiary alicyclic amines) is 1. The third-order valence-corrected chi connectivity index (χ3v) is 3.47. The molecule has 5 heteroatoms. The van der Waals surface area contributed by atoms with Crippen molar-refractivity contribution in [1.29, 1.82) is 0 Å². The Labute approximate surface area is 125 Å². The van der Waals surface area contributed by atoms with Crippen LogP contribution in [0.15, 0.2) is 24.3 Å². The van der Waals surface area contributed by atoms with E-state index in [0.717, 1.165) is 25.9 Å². The predicted molar refractivity (Wildman–Crippen MR) is 80.4 cm³/mol. The molecule has 1 heterocycles. The first-order chi connectivity index (χ1) is 10.2. The number of nitrogens with one attached hydrogen (secondary N) is 1. The van der Waals surface area contributed by atoms with Gasteiger partial charge in [-0.2, -0.15) is 0 Å². The van der Waals surface area contributed by atoms with Crippen LogP contribution < -0.4 is 10.1 Å². The second-order valence-electron chi connectivity index (χ2n) is 5.05. The predicted octanol–water partition coefficient (Wildman–Crippen LogP) is 1.83. The fraction of sp³-hybridized carbons (Fsp3) is 0.500. The van der Waals surface area contributed by atoms with Crippen LogP contribution in [0.4, 0.5) is 0 Å². The van der Waals surface area contributed by atoms with Gasteiger partial charge in [0, 0.05) is 31.6 Å². The number of rotatable bonds is 7. The van der Waals surface area contributed by atoms with Gasteiger partial charge in [0.25, 0.3) is 5.91 Å². The van der Waals surface area contributed by atoms with E-state index in [0.29, 0.717) is 30.9 Å². The maximum absolute atomic E-state index is 12.0. The smallest absolute Gasteiger partial charge is 0.251 e. The summed E-state index contributed by atoms with van der Waals surface area (Å²) in [5.74, 6) is 0.822. The molecule has 2 rings (SSSR count). The van der Waals surface area contributed by atoms with Gasteiger partial charge in [-0.05, 0) is 38.0 Å². The monoisotopic (exact) mass is 290 g/mol. The molecule has 0 radical (unpaired) electrons.